The highest BCUT2D eigenvalue weighted by molar-refractivity contribution is 6.10. The first-order valence-corrected chi connectivity index (χ1v) is 10.8. The topological polar surface area (TPSA) is 97.0 Å². The van der Waals surface area contributed by atoms with Crippen LogP contribution in [0.25, 0.3) is 0 Å². The summed E-state index contributed by atoms with van der Waals surface area (Å²) in [5.74, 6) is 0.744. The van der Waals surface area contributed by atoms with Gasteiger partial charge >= 0.3 is 6.03 Å². The van der Waals surface area contributed by atoms with Crippen molar-refractivity contribution in [2.24, 2.45) is 11.3 Å². The number of methoxy groups -OCH3 is 2. The molecule has 0 unspecified atom stereocenters. The lowest BCUT2D eigenvalue weighted by molar-refractivity contribution is -0.135. The van der Waals surface area contributed by atoms with Gasteiger partial charge in [0.15, 0.2) is 0 Å². The number of amides is 4. The van der Waals surface area contributed by atoms with Crippen LogP contribution in [-0.2, 0) is 9.59 Å². The number of hydrogen-bond donors (Lipinski definition) is 2. The fraction of sp³-hybridized carbons (Fsp3) is 0.609. The molecular weight excluding hydrogens is 398 g/mol. The van der Waals surface area contributed by atoms with Crippen LogP contribution >= 0.6 is 0 Å². The van der Waals surface area contributed by atoms with Crippen LogP contribution in [-0.4, -0.2) is 49.0 Å². The van der Waals surface area contributed by atoms with Crippen molar-refractivity contribution < 1.29 is 23.9 Å². The SMILES string of the molecule is CCC(C)(C)C1CCC2(CC1)NC(=O)N(CC(=O)Nc1cc(OC)ccc1OC)C2=O. The van der Waals surface area contributed by atoms with Gasteiger partial charge in [0, 0.05) is 6.07 Å². The lowest BCUT2D eigenvalue weighted by Gasteiger charge is -2.42. The van der Waals surface area contributed by atoms with E-state index in [4.69, 9.17) is 9.47 Å². The highest BCUT2D eigenvalue weighted by Gasteiger charge is 2.53. The normalized spacial score (nSPS) is 23.6. The lowest BCUT2D eigenvalue weighted by atomic mass is 9.65. The number of nitrogens with zero attached hydrogens (tertiary/aromatic N) is 1. The number of anilines is 1. The first kappa shape index (κ1) is 22.9. The number of urea groups is 1. The maximum Gasteiger partial charge on any atom is 0.325 e. The zero-order valence-corrected chi connectivity index (χ0v) is 19.0. The molecule has 170 valence electrons. The first-order valence-electron chi connectivity index (χ1n) is 10.8. The Hall–Kier alpha value is -2.77. The number of ether oxygens (including phenoxy) is 2. The number of benzene rings is 1. The summed E-state index contributed by atoms with van der Waals surface area (Å²) < 4.78 is 10.4. The molecule has 1 saturated heterocycles. The molecule has 4 amide bonds. The van der Waals surface area contributed by atoms with E-state index in [9.17, 15) is 14.4 Å². The Morgan fingerprint density at radius 3 is 2.48 bits per heavy atom. The lowest BCUT2D eigenvalue weighted by Crippen LogP contribution is -2.51. The van der Waals surface area contributed by atoms with Gasteiger partial charge in [0.05, 0.1) is 19.9 Å². The molecule has 1 aliphatic heterocycles. The highest BCUT2D eigenvalue weighted by atomic mass is 16.5. The summed E-state index contributed by atoms with van der Waals surface area (Å²) in [7, 11) is 3.02. The fourth-order valence-electron chi connectivity index (χ4n) is 4.58. The molecular formula is C23H33N3O5. The molecule has 2 aliphatic rings. The predicted octanol–water partition coefficient (Wildman–Crippen LogP) is 3.56. The van der Waals surface area contributed by atoms with E-state index < -0.39 is 17.5 Å². The summed E-state index contributed by atoms with van der Waals surface area (Å²) >= 11 is 0. The van der Waals surface area contributed by atoms with Crippen LogP contribution in [0.2, 0.25) is 0 Å². The number of imide groups is 1. The monoisotopic (exact) mass is 431 g/mol. The summed E-state index contributed by atoms with van der Waals surface area (Å²) in [5, 5.41) is 5.59. The minimum atomic E-state index is -0.884. The average molecular weight is 432 g/mol. The summed E-state index contributed by atoms with van der Waals surface area (Å²) in [6.07, 6.45) is 4.05. The van der Waals surface area contributed by atoms with Gasteiger partial charge in [-0.3, -0.25) is 14.5 Å². The van der Waals surface area contributed by atoms with Crippen LogP contribution in [0.3, 0.4) is 0 Å². The molecule has 2 N–H and O–H groups in total. The van der Waals surface area contributed by atoms with Gasteiger partial charge in [0.25, 0.3) is 5.91 Å². The zero-order chi connectivity index (χ0) is 22.8. The van der Waals surface area contributed by atoms with Gasteiger partial charge in [-0.25, -0.2) is 4.79 Å². The van der Waals surface area contributed by atoms with Crippen molar-refractivity contribution in [3.63, 3.8) is 0 Å². The van der Waals surface area contributed by atoms with E-state index in [1.54, 1.807) is 18.2 Å². The van der Waals surface area contributed by atoms with Gasteiger partial charge in [-0.1, -0.05) is 27.2 Å². The van der Waals surface area contributed by atoms with Crippen molar-refractivity contribution in [1.29, 1.82) is 0 Å². The maximum atomic E-state index is 13.1. The third kappa shape index (κ3) is 4.48. The third-order valence-electron chi connectivity index (χ3n) is 7.08. The first-order chi connectivity index (χ1) is 14.7. The van der Waals surface area contributed by atoms with Crippen molar-refractivity contribution in [3.8, 4) is 11.5 Å². The van der Waals surface area contributed by atoms with Crippen LogP contribution in [0.4, 0.5) is 10.5 Å². The van der Waals surface area contributed by atoms with E-state index in [1.807, 2.05) is 0 Å². The van der Waals surface area contributed by atoms with Crippen LogP contribution in [0.1, 0.15) is 52.9 Å². The van der Waals surface area contributed by atoms with E-state index in [1.165, 1.54) is 14.2 Å². The molecule has 0 atom stereocenters. The Kier molecular flexibility index (Phi) is 6.48. The zero-order valence-electron chi connectivity index (χ0n) is 19.0. The van der Waals surface area contributed by atoms with Gasteiger partial charge in [-0.15, -0.1) is 0 Å². The molecule has 2 fully saturated rings. The van der Waals surface area contributed by atoms with Crippen LogP contribution in [0, 0.1) is 11.3 Å². The molecule has 1 aromatic rings. The number of hydrogen-bond acceptors (Lipinski definition) is 5. The van der Waals surface area contributed by atoms with Gasteiger partial charge < -0.3 is 20.1 Å². The fourth-order valence-corrected chi connectivity index (χ4v) is 4.58. The van der Waals surface area contributed by atoms with Crippen molar-refractivity contribution in [2.45, 2.75) is 58.4 Å². The van der Waals surface area contributed by atoms with Gasteiger partial charge in [-0.2, -0.15) is 0 Å². The second-order valence-corrected chi connectivity index (χ2v) is 9.13. The molecule has 8 heteroatoms. The molecule has 1 saturated carbocycles. The highest BCUT2D eigenvalue weighted by Crippen LogP contribution is 2.45. The van der Waals surface area contributed by atoms with Crippen molar-refractivity contribution >= 4 is 23.5 Å². The third-order valence-corrected chi connectivity index (χ3v) is 7.08. The standard InChI is InChI=1S/C23H33N3O5/c1-6-22(2,3)15-9-11-23(12-10-15)20(28)26(21(29)25-23)14-19(27)24-17-13-16(30-4)7-8-18(17)31-5/h7-8,13,15H,6,9-12,14H2,1-5H3,(H,24,27)(H,25,29). The Bertz CT molecular complexity index is 859. The molecule has 1 aromatic carbocycles. The molecule has 3 rings (SSSR count). The molecule has 0 bridgehead atoms. The molecule has 1 spiro atoms. The van der Waals surface area contributed by atoms with Crippen molar-refractivity contribution in [2.75, 3.05) is 26.1 Å². The van der Waals surface area contributed by atoms with Crippen LogP contribution < -0.4 is 20.1 Å². The average Bonchev–Trinajstić information content (AvgIpc) is 2.97. The van der Waals surface area contributed by atoms with E-state index in [0.717, 1.165) is 24.2 Å². The summed E-state index contributed by atoms with van der Waals surface area (Å²) in [5.41, 5.74) is -0.260. The molecule has 8 nitrogen and oxygen atoms in total. The molecule has 31 heavy (non-hydrogen) atoms. The molecule has 0 radical (unpaired) electrons. The van der Waals surface area contributed by atoms with Crippen molar-refractivity contribution in [1.82, 2.24) is 10.2 Å². The minimum Gasteiger partial charge on any atom is -0.497 e. The second kappa shape index (κ2) is 8.77. The number of carbonyl (C=O) groups excluding carboxylic acids is 3. The Labute approximate surface area is 183 Å². The second-order valence-electron chi connectivity index (χ2n) is 9.13. The van der Waals surface area contributed by atoms with E-state index in [-0.39, 0.29) is 17.9 Å². The van der Waals surface area contributed by atoms with Crippen molar-refractivity contribution in [3.05, 3.63) is 18.2 Å². The largest absolute Gasteiger partial charge is 0.497 e. The number of nitrogens with one attached hydrogen (secondary N) is 2. The smallest absolute Gasteiger partial charge is 0.325 e. The van der Waals surface area contributed by atoms with E-state index in [0.29, 0.717) is 35.9 Å². The predicted molar refractivity (Wildman–Crippen MR) is 117 cm³/mol. The quantitative estimate of drug-likeness (QED) is 0.644. The molecule has 0 aromatic heterocycles. The summed E-state index contributed by atoms with van der Waals surface area (Å²) in [6, 6.07) is 4.51. The van der Waals surface area contributed by atoms with E-state index >= 15 is 0 Å². The molecule has 1 aliphatic carbocycles. The minimum absolute atomic E-state index is 0.211. The Morgan fingerprint density at radius 2 is 1.90 bits per heavy atom. The van der Waals surface area contributed by atoms with Crippen LogP contribution in [0.5, 0.6) is 11.5 Å². The van der Waals surface area contributed by atoms with E-state index in [2.05, 4.69) is 31.4 Å². The van der Waals surface area contributed by atoms with Gasteiger partial charge in [0.2, 0.25) is 5.91 Å². The Balaban J connectivity index is 1.67. The maximum absolute atomic E-state index is 13.1. The summed E-state index contributed by atoms with van der Waals surface area (Å²) in [4.78, 5) is 39.4. The Morgan fingerprint density at radius 1 is 1.23 bits per heavy atom. The molecule has 1 heterocycles. The number of carbonyl (C=O) groups is 3. The number of rotatable bonds is 7. The van der Waals surface area contributed by atoms with Gasteiger partial charge in [-0.05, 0) is 49.1 Å². The van der Waals surface area contributed by atoms with Crippen LogP contribution in [0.15, 0.2) is 18.2 Å². The van der Waals surface area contributed by atoms with Gasteiger partial charge in [0.1, 0.15) is 23.6 Å². The summed E-state index contributed by atoms with van der Waals surface area (Å²) in [6.45, 7) is 6.35.